The van der Waals surface area contributed by atoms with Crippen molar-refractivity contribution in [2.24, 2.45) is 4.99 Å². The quantitative estimate of drug-likeness (QED) is 0.507. The van der Waals surface area contributed by atoms with Crippen LogP contribution < -0.4 is 9.57 Å². The number of hydrogen-bond donors (Lipinski definition) is 0. The van der Waals surface area contributed by atoms with Crippen LogP contribution in [0.3, 0.4) is 0 Å². The number of rotatable bonds is 7. The zero-order valence-electron chi connectivity index (χ0n) is 16.4. The molecule has 0 unspecified atom stereocenters. The molecular weight excluding hydrogens is 350 g/mol. The maximum Gasteiger partial charge on any atom is 0.165 e. The van der Waals surface area contributed by atoms with E-state index in [9.17, 15) is 0 Å². The summed E-state index contributed by atoms with van der Waals surface area (Å²) in [6.45, 7) is 8.50. The summed E-state index contributed by atoms with van der Waals surface area (Å²) in [5.74, 6) is 0.991. The second-order valence-corrected chi connectivity index (χ2v) is 7.52. The first-order valence-corrected chi connectivity index (χ1v) is 10.5. The maximum atomic E-state index is 5.04. The zero-order valence-corrected chi connectivity index (χ0v) is 17.2. The van der Waals surface area contributed by atoms with Crippen LogP contribution in [-0.4, -0.2) is 18.1 Å². The molecule has 0 aliphatic heterocycles. The van der Waals surface area contributed by atoms with E-state index < -0.39 is 0 Å². The molecule has 0 N–H and O–H groups in total. The Hall–Kier alpha value is -2.46. The van der Waals surface area contributed by atoms with Crippen LogP contribution in [-0.2, 0) is 0 Å². The van der Waals surface area contributed by atoms with Crippen molar-refractivity contribution in [3.05, 3.63) is 70.2 Å². The highest BCUT2D eigenvalue weighted by atomic mass is 32.1. The fourth-order valence-electron chi connectivity index (χ4n) is 2.98. The van der Waals surface area contributed by atoms with Crippen molar-refractivity contribution in [2.45, 2.75) is 33.6 Å². The normalized spacial score (nSPS) is 11.6. The van der Waals surface area contributed by atoms with Crippen LogP contribution in [0.15, 0.2) is 65.0 Å². The monoisotopic (exact) mass is 377 g/mol. The number of aromatic nitrogens is 1. The number of anilines is 1. The minimum absolute atomic E-state index is 0.973. The summed E-state index contributed by atoms with van der Waals surface area (Å²) >= 11 is 1.67. The Balaban J connectivity index is 2.12. The van der Waals surface area contributed by atoms with Gasteiger partial charge in [-0.3, -0.25) is 0 Å². The van der Waals surface area contributed by atoms with Gasteiger partial charge in [-0.2, -0.15) is 0 Å². The molecule has 1 heterocycles. The van der Waals surface area contributed by atoms with E-state index in [4.69, 9.17) is 9.98 Å². The van der Waals surface area contributed by atoms with Crippen LogP contribution >= 0.6 is 11.3 Å². The molecule has 0 fully saturated rings. The van der Waals surface area contributed by atoms with Gasteiger partial charge in [-0.1, -0.05) is 61.9 Å². The molecule has 27 heavy (non-hydrogen) atoms. The lowest BCUT2D eigenvalue weighted by molar-refractivity contribution is 0.732. The molecule has 0 saturated heterocycles. The molecule has 0 spiro atoms. The van der Waals surface area contributed by atoms with E-state index in [1.54, 1.807) is 11.3 Å². The van der Waals surface area contributed by atoms with Gasteiger partial charge in [0.15, 0.2) is 10.5 Å². The minimum atomic E-state index is 0.973. The lowest BCUT2D eigenvalue weighted by Crippen LogP contribution is -2.30. The SMILES string of the molecule is CCCN(CCC)c1nc(-c2ccccc2)csc1=Nc1ccc(C)cc1. The molecule has 0 aliphatic rings. The van der Waals surface area contributed by atoms with Crippen LogP contribution in [0.25, 0.3) is 11.3 Å². The first-order valence-electron chi connectivity index (χ1n) is 9.63. The molecule has 3 aromatic rings. The summed E-state index contributed by atoms with van der Waals surface area (Å²) in [6.07, 6.45) is 2.18. The Morgan fingerprint density at radius 1 is 0.926 bits per heavy atom. The third-order valence-corrected chi connectivity index (χ3v) is 5.16. The van der Waals surface area contributed by atoms with Crippen LogP contribution in [0.1, 0.15) is 32.3 Å². The molecular formula is C23H27N3S. The summed E-state index contributed by atoms with van der Waals surface area (Å²) in [5.41, 5.74) is 4.37. The topological polar surface area (TPSA) is 28.5 Å². The average molecular weight is 378 g/mol. The summed E-state index contributed by atoms with van der Waals surface area (Å²) < 4.78 is 0.973. The highest BCUT2D eigenvalue weighted by Crippen LogP contribution is 2.21. The fourth-order valence-corrected chi connectivity index (χ4v) is 3.83. The molecule has 0 radical (unpaired) electrons. The van der Waals surface area contributed by atoms with Gasteiger partial charge >= 0.3 is 0 Å². The first kappa shape index (κ1) is 19.3. The Kier molecular flexibility index (Phi) is 6.77. The van der Waals surface area contributed by atoms with Crippen molar-refractivity contribution in [3.63, 3.8) is 0 Å². The smallest absolute Gasteiger partial charge is 0.165 e. The van der Waals surface area contributed by atoms with Gasteiger partial charge in [-0.25, -0.2) is 9.98 Å². The number of benzene rings is 2. The van der Waals surface area contributed by atoms with Crippen molar-refractivity contribution < 1.29 is 0 Å². The molecule has 0 bridgehead atoms. The van der Waals surface area contributed by atoms with Crippen LogP contribution in [0.4, 0.5) is 11.5 Å². The summed E-state index contributed by atoms with van der Waals surface area (Å²) in [6, 6.07) is 18.7. The lowest BCUT2D eigenvalue weighted by Gasteiger charge is -2.23. The molecule has 2 aromatic carbocycles. The number of aryl methyl sites for hydroxylation is 1. The van der Waals surface area contributed by atoms with Gasteiger partial charge in [0.05, 0.1) is 11.4 Å². The summed E-state index contributed by atoms with van der Waals surface area (Å²) in [4.78, 5) is 12.3. The lowest BCUT2D eigenvalue weighted by atomic mass is 10.2. The molecule has 0 aliphatic carbocycles. The standard InChI is InChI=1S/C23H27N3S/c1-4-15-26(16-5-2)22-23(24-20-13-11-18(3)12-14-20)27-17-21(25-22)19-9-7-6-8-10-19/h6-14,17H,4-5,15-16H2,1-3H3. The van der Waals surface area contributed by atoms with E-state index >= 15 is 0 Å². The second-order valence-electron chi connectivity index (χ2n) is 6.66. The van der Waals surface area contributed by atoms with Crippen molar-refractivity contribution in [1.82, 2.24) is 4.98 Å². The van der Waals surface area contributed by atoms with E-state index in [1.807, 2.05) is 6.07 Å². The molecule has 140 valence electrons. The van der Waals surface area contributed by atoms with Crippen LogP contribution in [0, 0.1) is 6.92 Å². The predicted octanol–water partition coefficient (Wildman–Crippen LogP) is 5.98. The summed E-state index contributed by atoms with van der Waals surface area (Å²) in [7, 11) is 0. The molecule has 3 nitrogen and oxygen atoms in total. The van der Waals surface area contributed by atoms with E-state index in [1.165, 1.54) is 5.56 Å². The minimum Gasteiger partial charge on any atom is -0.354 e. The highest BCUT2D eigenvalue weighted by molar-refractivity contribution is 7.07. The Labute approximate surface area is 166 Å². The fraction of sp³-hybridized carbons (Fsp3) is 0.304. The van der Waals surface area contributed by atoms with Gasteiger partial charge in [0.25, 0.3) is 0 Å². The van der Waals surface area contributed by atoms with E-state index in [0.29, 0.717) is 0 Å². The first-order chi connectivity index (χ1) is 13.2. The van der Waals surface area contributed by atoms with E-state index in [2.05, 4.69) is 79.6 Å². The highest BCUT2D eigenvalue weighted by Gasteiger charge is 2.12. The van der Waals surface area contributed by atoms with Gasteiger partial charge in [-0.15, -0.1) is 11.3 Å². The molecule has 0 amide bonds. The molecule has 1 aromatic heterocycles. The van der Waals surface area contributed by atoms with E-state index in [-0.39, 0.29) is 0 Å². The third kappa shape index (κ3) is 5.04. The number of nitrogens with zero attached hydrogens (tertiary/aromatic N) is 3. The number of hydrogen-bond acceptors (Lipinski definition) is 4. The predicted molar refractivity (Wildman–Crippen MR) is 117 cm³/mol. The third-order valence-electron chi connectivity index (χ3n) is 4.32. The molecule has 0 saturated carbocycles. The zero-order chi connectivity index (χ0) is 19.1. The largest absolute Gasteiger partial charge is 0.354 e. The summed E-state index contributed by atoms with van der Waals surface area (Å²) in [5, 5.41) is 2.11. The van der Waals surface area contributed by atoms with Gasteiger partial charge in [0.1, 0.15) is 0 Å². The average Bonchev–Trinajstić information content (AvgIpc) is 2.70. The van der Waals surface area contributed by atoms with Crippen molar-refractivity contribution in [2.75, 3.05) is 18.0 Å². The van der Waals surface area contributed by atoms with Gasteiger partial charge in [-0.05, 0) is 31.9 Å². The van der Waals surface area contributed by atoms with Crippen LogP contribution in [0.2, 0.25) is 0 Å². The van der Waals surface area contributed by atoms with Gasteiger partial charge < -0.3 is 4.90 Å². The Morgan fingerprint density at radius 2 is 1.59 bits per heavy atom. The van der Waals surface area contributed by atoms with Gasteiger partial charge in [0, 0.05) is 24.0 Å². The van der Waals surface area contributed by atoms with E-state index in [0.717, 1.165) is 53.4 Å². The Bertz CT molecular complexity index is 908. The maximum absolute atomic E-state index is 5.04. The van der Waals surface area contributed by atoms with Crippen molar-refractivity contribution in [1.29, 1.82) is 0 Å². The Morgan fingerprint density at radius 3 is 2.22 bits per heavy atom. The molecule has 3 rings (SSSR count). The van der Waals surface area contributed by atoms with Crippen LogP contribution in [0.5, 0.6) is 0 Å². The molecule has 4 heteroatoms. The second kappa shape index (κ2) is 9.47. The van der Waals surface area contributed by atoms with Gasteiger partial charge in [0.2, 0.25) is 0 Å². The van der Waals surface area contributed by atoms with Crippen molar-refractivity contribution >= 4 is 22.8 Å². The van der Waals surface area contributed by atoms with Crippen molar-refractivity contribution in [3.8, 4) is 11.3 Å². The molecule has 0 atom stereocenters.